The minimum Gasteiger partial charge on any atom is -0.392 e. The highest BCUT2D eigenvalue weighted by Crippen LogP contribution is 2.28. The Kier molecular flexibility index (Phi) is 7.09. The first-order valence-electron chi connectivity index (χ1n) is 9.20. The Morgan fingerprint density at radius 3 is 2.52 bits per heavy atom. The van der Waals surface area contributed by atoms with Crippen molar-refractivity contribution in [2.75, 3.05) is 36.4 Å². The lowest BCUT2D eigenvalue weighted by Crippen LogP contribution is -2.35. The van der Waals surface area contributed by atoms with E-state index >= 15 is 0 Å². The Balaban J connectivity index is 1.60. The van der Waals surface area contributed by atoms with E-state index in [1.54, 1.807) is 4.90 Å². The molecule has 2 saturated heterocycles. The molecule has 2 aliphatic heterocycles. The van der Waals surface area contributed by atoms with Gasteiger partial charge in [0.1, 0.15) is 17.7 Å². The van der Waals surface area contributed by atoms with Crippen molar-refractivity contribution < 1.29 is 26.8 Å². The van der Waals surface area contributed by atoms with Crippen molar-refractivity contribution in [3.8, 4) is 0 Å². The summed E-state index contributed by atoms with van der Waals surface area (Å²) in [6.45, 7) is 2.71. The second kappa shape index (κ2) is 9.74. The fourth-order valence-electron chi connectivity index (χ4n) is 3.23. The lowest BCUT2D eigenvalue weighted by atomic mass is 10.1. The maximum absolute atomic E-state index is 14.4. The minimum atomic E-state index is -2.98. The highest BCUT2D eigenvalue weighted by atomic mass is 32.2. The number of hydrogen-bond acceptors (Lipinski definition) is 7. The molecule has 2 N–H and O–H groups in total. The number of benzene rings is 1. The van der Waals surface area contributed by atoms with Crippen molar-refractivity contribution in [1.82, 2.24) is 5.32 Å². The van der Waals surface area contributed by atoms with E-state index in [1.807, 2.05) is 5.32 Å². The van der Waals surface area contributed by atoms with Crippen molar-refractivity contribution in [3.63, 3.8) is 0 Å². The molecule has 0 bridgehead atoms. The largest absolute Gasteiger partial charge is 0.392 e. The van der Waals surface area contributed by atoms with Crippen LogP contribution in [0.25, 0.3) is 0 Å². The van der Waals surface area contributed by atoms with Gasteiger partial charge in [-0.15, -0.1) is 0 Å². The summed E-state index contributed by atoms with van der Waals surface area (Å²) in [6, 6.07) is 0.458. The smallest absolute Gasteiger partial charge is 0.360 e. The molecule has 2 heterocycles. The number of anilines is 2. The summed E-state index contributed by atoms with van der Waals surface area (Å²) in [4.78, 5) is 18.6. The van der Waals surface area contributed by atoms with Crippen LogP contribution in [0.5, 0.6) is 0 Å². The van der Waals surface area contributed by atoms with E-state index in [1.165, 1.54) is 0 Å². The standard InChI is InChI=1S/C17H21F2N5O4S/c18-13-10-16(14(19)9-15(13)21-17(25)23-29(26)27)24-7-3-11(4-8-24)22-28-12-1-5-20-6-2-12/h9-10,12,20H,1-8H2,(H,21,25). The quantitative estimate of drug-likeness (QED) is 0.710. The monoisotopic (exact) mass is 429 g/mol. The van der Waals surface area contributed by atoms with Crippen LogP contribution in [0.4, 0.5) is 25.0 Å². The molecule has 0 aliphatic carbocycles. The molecule has 29 heavy (non-hydrogen) atoms. The van der Waals surface area contributed by atoms with E-state index in [9.17, 15) is 22.0 Å². The Hall–Kier alpha value is -2.60. The van der Waals surface area contributed by atoms with Crippen LogP contribution >= 0.6 is 0 Å². The molecule has 1 aromatic rings. The normalized spacial score (nSPS) is 17.6. The second-order valence-corrected chi connectivity index (χ2v) is 7.34. The maximum atomic E-state index is 14.4. The molecule has 1 aromatic carbocycles. The van der Waals surface area contributed by atoms with Gasteiger partial charge in [0, 0.05) is 38.1 Å². The molecule has 2 aliphatic rings. The van der Waals surface area contributed by atoms with Gasteiger partial charge in [0.15, 0.2) is 0 Å². The van der Waals surface area contributed by atoms with Gasteiger partial charge in [0.25, 0.3) is 0 Å². The lowest BCUT2D eigenvalue weighted by molar-refractivity contribution is 0.0368. The van der Waals surface area contributed by atoms with Crippen LogP contribution < -0.4 is 15.5 Å². The Labute approximate surface area is 167 Å². The van der Waals surface area contributed by atoms with Crippen LogP contribution in [-0.4, -0.2) is 52.4 Å². The summed E-state index contributed by atoms with van der Waals surface area (Å²) in [5.74, 6) is -1.63. The Morgan fingerprint density at radius 2 is 1.86 bits per heavy atom. The maximum Gasteiger partial charge on any atom is 0.360 e. The molecule has 12 heteroatoms. The molecule has 0 unspecified atom stereocenters. The van der Waals surface area contributed by atoms with E-state index in [0.29, 0.717) is 25.9 Å². The third-order valence-corrected chi connectivity index (χ3v) is 5.05. The first-order chi connectivity index (χ1) is 13.9. The van der Waals surface area contributed by atoms with Crippen LogP contribution in [0.2, 0.25) is 0 Å². The van der Waals surface area contributed by atoms with Crippen LogP contribution in [-0.2, 0) is 15.3 Å². The number of urea groups is 1. The topological polar surface area (TPSA) is 112 Å². The molecule has 9 nitrogen and oxygen atoms in total. The first kappa shape index (κ1) is 21.1. The van der Waals surface area contributed by atoms with Gasteiger partial charge in [-0.05, 0) is 25.9 Å². The third-order valence-electron chi connectivity index (χ3n) is 4.73. The van der Waals surface area contributed by atoms with E-state index < -0.39 is 33.9 Å². The van der Waals surface area contributed by atoms with E-state index in [2.05, 4.69) is 14.8 Å². The number of hydrogen-bond donors (Lipinski definition) is 2. The molecule has 0 saturated carbocycles. The van der Waals surface area contributed by atoms with Crippen LogP contribution in [0.1, 0.15) is 25.7 Å². The molecular weight excluding hydrogens is 408 g/mol. The zero-order valence-corrected chi connectivity index (χ0v) is 16.3. The van der Waals surface area contributed by atoms with Crippen LogP contribution in [0.3, 0.4) is 0 Å². The van der Waals surface area contributed by atoms with Crippen LogP contribution in [0, 0.1) is 11.6 Å². The summed E-state index contributed by atoms with van der Waals surface area (Å²) in [7, 11) is -2.98. The second-order valence-electron chi connectivity index (χ2n) is 6.72. The minimum absolute atomic E-state index is 0.0585. The molecule has 2 amide bonds. The predicted octanol–water partition coefficient (Wildman–Crippen LogP) is 2.28. The van der Waals surface area contributed by atoms with Crippen molar-refractivity contribution in [3.05, 3.63) is 23.8 Å². The molecular formula is C17H21F2N5O4S. The number of rotatable bonds is 4. The van der Waals surface area contributed by atoms with Gasteiger partial charge in [-0.25, -0.2) is 13.6 Å². The van der Waals surface area contributed by atoms with E-state index in [4.69, 9.17) is 4.84 Å². The molecule has 0 atom stereocenters. The fourth-order valence-corrected chi connectivity index (χ4v) is 3.41. The highest BCUT2D eigenvalue weighted by Gasteiger charge is 2.22. The van der Waals surface area contributed by atoms with E-state index in [0.717, 1.165) is 43.8 Å². The van der Waals surface area contributed by atoms with Gasteiger partial charge < -0.3 is 20.4 Å². The number of amides is 2. The summed E-state index contributed by atoms with van der Waals surface area (Å²) in [5.41, 5.74) is 0.458. The number of halogens is 2. The fraction of sp³-hybridized carbons (Fsp3) is 0.529. The number of oxime groups is 1. The number of piperidine rings is 2. The van der Waals surface area contributed by atoms with Gasteiger partial charge in [-0.1, -0.05) is 9.52 Å². The summed E-state index contributed by atoms with van der Waals surface area (Å²) in [6.07, 6.45) is 3.07. The molecule has 3 rings (SSSR count). The number of carbonyl (C=O) groups is 1. The van der Waals surface area contributed by atoms with Crippen molar-refractivity contribution in [2.24, 2.45) is 9.52 Å². The molecule has 158 valence electrons. The predicted molar refractivity (Wildman–Crippen MR) is 103 cm³/mol. The Morgan fingerprint density at radius 1 is 1.17 bits per heavy atom. The molecule has 2 fully saturated rings. The summed E-state index contributed by atoms with van der Waals surface area (Å²) < 4.78 is 52.0. The summed E-state index contributed by atoms with van der Waals surface area (Å²) >= 11 is 0. The van der Waals surface area contributed by atoms with Gasteiger partial charge >= 0.3 is 16.5 Å². The summed E-state index contributed by atoms with van der Waals surface area (Å²) in [5, 5.41) is 9.38. The molecule has 0 aromatic heterocycles. The zero-order valence-electron chi connectivity index (χ0n) is 15.5. The molecule has 0 radical (unpaired) electrons. The van der Waals surface area contributed by atoms with Gasteiger partial charge in [-0.2, -0.15) is 8.42 Å². The number of nitrogens with zero attached hydrogens (tertiary/aromatic N) is 3. The van der Waals surface area contributed by atoms with Crippen molar-refractivity contribution >= 4 is 33.6 Å². The van der Waals surface area contributed by atoms with E-state index in [-0.39, 0.29) is 11.8 Å². The molecule has 0 spiro atoms. The average Bonchev–Trinajstić information content (AvgIpc) is 2.69. The van der Waals surface area contributed by atoms with Gasteiger partial charge in [-0.3, -0.25) is 0 Å². The van der Waals surface area contributed by atoms with Crippen molar-refractivity contribution in [2.45, 2.75) is 31.8 Å². The number of nitrogens with one attached hydrogen (secondary N) is 2. The Bertz CT molecular complexity index is 914. The lowest BCUT2D eigenvalue weighted by Gasteiger charge is -2.30. The third kappa shape index (κ3) is 5.94. The first-order valence-corrected chi connectivity index (χ1v) is 10.2. The van der Waals surface area contributed by atoms with Gasteiger partial charge in [0.05, 0.1) is 17.1 Å². The SMILES string of the molecule is O=C(N=S(=O)=O)Nc1cc(F)c(N2CCC(=NOC3CCNCC3)CC2)cc1F. The van der Waals surface area contributed by atoms with Crippen LogP contribution in [0.15, 0.2) is 21.7 Å². The van der Waals surface area contributed by atoms with Crippen molar-refractivity contribution in [1.29, 1.82) is 0 Å². The number of carbonyl (C=O) groups excluding carboxylic acids is 1. The van der Waals surface area contributed by atoms with Gasteiger partial charge in [0.2, 0.25) is 0 Å². The average molecular weight is 429 g/mol. The highest BCUT2D eigenvalue weighted by molar-refractivity contribution is 7.62. The zero-order chi connectivity index (χ0) is 20.8.